The first-order chi connectivity index (χ1) is 24.7. The Morgan fingerprint density at radius 2 is 0.840 bits per heavy atom. The fourth-order valence-electron chi connectivity index (χ4n) is 6.90. The van der Waals surface area contributed by atoms with Crippen molar-refractivity contribution in [3.8, 4) is 56.4 Å². The Hall–Kier alpha value is -6.01. The molecule has 0 radical (unpaired) electrons. The molecule has 10 rings (SSSR count). The fourth-order valence-corrected chi connectivity index (χ4v) is 9.20. The molecule has 5 heteroatoms. The summed E-state index contributed by atoms with van der Waals surface area (Å²) >= 11 is 3.68. The van der Waals surface area contributed by atoms with Gasteiger partial charge in [-0.1, -0.05) is 127 Å². The topological polar surface area (TPSA) is 38.7 Å². The van der Waals surface area contributed by atoms with Crippen LogP contribution >= 0.6 is 22.7 Å². The second-order valence-corrected chi connectivity index (χ2v) is 14.6. The second-order valence-electron chi connectivity index (χ2n) is 12.4. The van der Waals surface area contributed by atoms with Crippen LogP contribution in [0.15, 0.2) is 164 Å². The lowest BCUT2D eigenvalue weighted by Gasteiger charge is -2.10. The van der Waals surface area contributed by atoms with Crippen LogP contribution in [0.2, 0.25) is 0 Å². The van der Waals surface area contributed by atoms with E-state index in [1.165, 1.54) is 62.6 Å². The van der Waals surface area contributed by atoms with E-state index in [2.05, 4.69) is 103 Å². The third-order valence-electron chi connectivity index (χ3n) is 9.33. The maximum Gasteiger partial charge on any atom is 0.164 e. The maximum absolute atomic E-state index is 4.97. The van der Waals surface area contributed by atoms with Crippen LogP contribution in [0, 0.1) is 0 Å². The van der Waals surface area contributed by atoms with Gasteiger partial charge in [-0.3, -0.25) is 0 Å². The first-order valence-corrected chi connectivity index (χ1v) is 18.2. The zero-order valence-electron chi connectivity index (χ0n) is 26.7. The van der Waals surface area contributed by atoms with Crippen molar-refractivity contribution >= 4 is 63.0 Å². The first kappa shape index (κ1) is 29.0. The summed E-state index contributed by atoms with van der Waals surface area (Å²) < 4.78 is 5.10. The van der Waals surface area contributed by atoms with Gasteiger partial charge in [-0.25, -0.2) is 15.0 Å². The summed E-state index contributed by atoms with van der Waals surface area (Å²) in [5, 5.41) is 5.15. The summed E-state index contributed by atoms with van der Waals surface area (Å²) in [5.41, 5.74) is 7.87. The summed E-state index contributed by atoms with van der Waals surface area (Å²) in [6.45, 7) is 0. The summed E-state index contributed by atoms with van der Waals surface area (Å²) in [4.78, 5) is 14.8. The number of hydrogen-bond acceptors (Lipinski definition) is 5. The van der Waals surface area contributed by atoms with Gasteiger partial charge in [-0.05, 0) is 58.7 Å². The van der Waals surface area contributed by atoms with Crippen LogP contribution in [0.5, 0.6) is 0 Å². The van der Waals surface area contributed by atoms with E-state index in [0.29, 0.717) is 17.5 Å². The smallest absolute Gasteiger partial charge is 0.164 e. The van der Waals surface area contributed by atoms with E-state index in [-0.39, 0.29) is 0 Å². The van der Waals surface area contributed by atoms with Crippen molar-refractivity contribution in [2.24, 2.45) is 0 Å². The summed E-state index contributed by atoms with van der Waals surface area (Å²) in [5.74, 6) is 2.00. The van der Waals surface area contributed by atoms with Gasteiger partial charge in [0, 0.05) is 57.0 Å². The van der Waals surface area contributed by atoms with Gasteiger partial charge >= 0.3 is 0 Å². The van der Waals surface area contributed by atoms with Crippen molar-refractivity contribution in [1.29, 1.82) is 0 Å². The van der Waals surface area contributed by atoms with Crippen LogP contribution in [0.3, 0.4) is 0 Å². The molecule has 0 saturated carbocycles. The van der Waals surface area contributed by atoms with Gasteiger partial charge in [0.1, 0.15) is 0 Å². The Balaban J connectivity index is 1.10. The summed E-state index contributed by atoms with van der Waals surface area (Å²) in [7, 11) is 0. The van der Waals surface area contributed by atoms with E-state index in [9.17, 15) is 0 Å². The molecule has 7 aromatic carbocycles. The SMILES string of the molecule is c1ccc(-c2nc(-c3ccccc3)nc(-c3ccc4c(c3)sc3ccc(-c5cc(-c6ccccc6)c6c(c5)sc5ccccc56)cc34)n2)cc1. The second kappa shape index (κ2) is 11.8. The Bertz CT molecular complexity index is 2800. The molecule has 3 heterocycles. The lowest BCUT2D eigenvalue weighted by atomic mass is 9.94. The van der Waals surface area contributed by atoms with Crippen LogP contribution < -0.4 is 0 Å². The largest absolute Gasteiger partial charge is 0.208 e. The molecule has 3 nitrogen and oxygen atoms in total. The predicted molar refractivity (Wildman–Crippen MR) is 213 cm³/mol. The molecule has 0 aliphatic rings. The van der Waals surface area contributed by atoms with Crippen LogP contribution in [-0.4, -0.2) is 15.0 Å². The molecule has 0 spiro atoms. The van der Waals surface area contributed by atoms with E-state index >= 15 is 0 Å². The molecule has 0 aliphatic carbocycles. The van der Waals surface area contributed by atoms with Crippen molar-refractivity contribution in [2.75, 3.05) is 0 Å². The number of aromatic nitrogens is 3. The minimum absolute atomic E-state index is 0.668. The van der Waals surface area contributed by atoms with Crippen molar-refractivity contribution in [3.05, 3.63) is 164 Å². The highest BCUT2D eigenvalue weighted by Crippen LogP contribution is 2.44. The van der Waals surface area contributed by atoms with Gasteiger partial charge in [-0.2, -0.15) is 0 Å². The molecule has 0 saturated heterocycles. The monoisotopic (exact) mass is 673 g/mol. The van der Waals surface area contributed by atoms with E-state index < -0.39 is 0 Å². The van der Waals surface area contributed by atoms with Gasteiger partial charge < -0.3 is 0 Å². The molecule has 0 atom stereocenters. The number of rotatable bonds is 5. The number of benzene rings is 7. The first-order valence-electron chi connectivity index (χ1n) is 16.6. The third-order valence-corrected chi connectivity index (χ3v) is 11.6. The molecule has 0 bridgehead atoms. The number of nitrogens with zero attached hydrogens (tertiary/aromatic N) is 3. The van der Waals surface area contributed by atoms with Gasteiger partial charge in [0.05, 0.1) is 0 Å². The minimum Gasteiger partial charge on any atom is -0.208 e. The highest BCUT2D eigenvalue weighted by atomic mass is 32.1. The van der Waals surface area contributed by atoms with Crippen LogP contribution in [0.4, 0.5) is 0 Å². The van der Waals surface area contributed by atoms with Crippen LogP contribution in [0.25, 0.3) is 96.8 Å². The predicted octanol–water partition coefficient (Wildman–Crippen LogP) is 12.9. The lowest BCUT2D eigenvalue weighted by molar-refractivity contribution is 1.07. The number of fused-ring (bicyclic) bond motifs is 6. The number of thiophene rings is 2. The Labute approximate surface area is 296 Å². The highest BCUT2D eigenvalue weighted by molar-refractivity contribution is 7.26. The molecule has 50 heavy (non-hydrogen) atoms. The van der Waals surface area contributed by atoms with Crippen molar-refractivity contribution < 1.29 is 0 Å². The van der Waals surface area contributed by atoms with Crippen molar-refractivity contribution in [3.63, 3.8) is 0 Å². The summed E-state index contributed by atoms with van der Waals surface area (Å²) in [6, 6.07) is 58.0. The molecule has 0 aliphatic heterocycles. The normalized spacial score (nSPS) is 11.6. The quantitative estimate of drug-likeness (QED) is 0.182. The van der Waals surface area contributed by atoms with Crippen LogP contribution in [0.1, 0.15) is 0 Å². The Kier molecular flexibility index (Phi) is 6.86. The molecule has 3 aromatic heterocycles. The van der Waals surface area contributed by atoms with Gasteiger partial charge in [0.25, 0.3) is 0 Å². The van der Waals surface area contributed by atoms with Crippen molar-refractivity contribution in [1.82, 2.24) is 15.0 Å². The lowest BCUT2D eigenvalue weighted by Crippen LogP contribution is -1.99. The van der Waals surface area contributed by atoms with Gasteiger partial charge in [0.15, 0.2) is 17.5 Å². The van der Waals surface area contributed by atoms with E-state index in [4.69, 9.17) is 15.0 Å². The average Bonchev–Trinajstić information content (AvgIpc) is 3.76. The maximum atomic E-state index is 4.97. The number of hydrogen-bond donors (Lipinski definition) is 0. The molecular weight excluding hydrogens is 647 g/mol. The Morgan fingerprint density at radius 1 is 0.300 bits per heavy atom. The molecule has 234 valence electrons. The van der Waals surface area contributed by atoms with Crippen LogP contribution in [-0.2, 0) is 0 Å². The third kappa shape index (κ3) is 4.98. The van der Waals surface area contributed by atoms with Gasteiger partial charge in [-0.15, -0.1) is 22.7 Å². The van der Waals surface area contributed by atoms with E-state index in [1.807, 2.05) is 83.3 Å². The fraction of sp³-hybridized carbons (Fsp3) is 0. The van der Waals surface area contributed by atoms with E-state index in [0.717, 1.165) is 16.7 Å². The zero-order valence-corrected chi connectivity index (χ0v) is 28.4. The highest BCUT2D eigenvalue weighted by Gasteiger charge is 2.17. The molecular formula is C45H27N3S2. The molecule has 0 N–H and O–H groups in total. The molecule has 0 fully saturated rings. The Morgan fingerprint density at radius 3 is 1.54 bits per heavy atom. The minimum atomic E-state index is 0.668. The zero-order chi connectivity index (χ0) is 33.0. The molecule has 0 unspecified atom stereocenters. The summed E-state index contributed by atoms with van der Waals surface area (Å²) in [6.07, 6.45) is 0. The van der Waals surface area contributed by atoms with E-state index in [1.54, 1.807) is 0 Å². The molecule has 0 amide bonds. The molecule has 10 aromatic rings. The standard InChI is InChI=1S/C45H27N3S2/c1-4-12-28(13-5-1)36-25-33(27-41-42(36)35-18-10-11-19-38(35)50-41)31-21-23-39-37(24-31)34-22-20-32(26-40(34)49-39)45-47-43(29-14-6-2-7-15-29)46-44(48-45)30-16-8-3-9-17-30/h1-27H. The average molecular weight is 674 g/mol. The van der Waals surface area contributed by atoms with Gasteiger partial charge in [0.2, 0.25) is 0 Å². The van der Waals surface area contributed by atoms with Crippen molar-refractivity contribution in [2.45, 2.75) is 0 Å².